The van der Waals surface area contributed by atoms with Crippen LogP contribution in [0.3, 0.4) is 0 Å². The maximum atomic E-state index is 6.21. The van der Waals surface area contributed by atoms with E-state index in [4.69, 9.17) is 18.8 Å². The van der Waals surface area contributed by atoms with Gasteiger partial charge in [0.15, 0.2) is 0 Å². The first-order chi connectivity index (χ1) is 10.8. The van der Waals surface area contributed by atoms with E-state index in [1.165, 1.54) is 0 Å². The van der Waals surface area contributed by atoms with Crippen molar-refractivity contribution in [1.29, 1.82) is 0 Å². The minimum Gasteiger partial charge on any atom is -0.496 e. The van der Waals surface area contributed by atoms with Crippen molar-refractivity contribution >= 4 is 23.4 Å². The van der Waals surface area contributed by atoms with Gasteiger partial charge in [0.05, 0.1) is 25.4 Å². The highest BCUT2D eigenvalue weighted by Crippen LogP contribution is 2.38. The van der Waals surface area contributed by atoms with Crippen molar-refractivity contribution in [3.8, 4) is 11.5 Å². The lowest BCUT2D eigenvalue weighted by Gasteiger charge is -2.32. The molecule has 1 saturated heterocycles. The molecular weight excluding hydrogens is 291 g/mol. The molecule has 0 aromatic heterocycles. The maximum absolute atomic E-state index is 6.21. The van der Waals surface area contributed by atoms with E-state index >= 15 is 0 Å². The van der Waals surface area contributed by atoms with Crippen molar-refractivity contribution in [1.82, 2.24) is 0 Å². The predicted octanol–water partition coefficient (Wildman–Crippen LogP) is 3.16. The molecule has 2 aromatic rings. The first kappa shape index (κ1) is 16.2. The summed E-state index contributed by atoms with van der Waals surface area (Å²) in [4.78, 5) is 0. The lowest BCUT2D eigenvalue weighted by atomic mass is 9.75. The Morgan fingerprint density at radius 1 is 0.826 bits per heavy atom. The van der Waals surface area contributed by atoms with E-state index in [-0.39, 0.29) is 11.2 Å². The van der Waals surface area contributed by atoms with E-state index in [1.807, 2.05) is 30.3 Å². The maximum Gasteiger partial charge on any atom is 0.495 e. The first-order valence-electron chi connectivity index (χ1n) is 7.80. The molecule has 0 unspecified atom stereocenters. The molecule has 1 fully saturated rings. The van der Waals surface area contributed by atoms with Crippen LogP contribution in [0.25, 0.3) is 10.8 Å². The molecule has 0 bridgehead atoms. The quantitative estimate of drug-likeness (QED) is 0.816. The van der Waals surface area contributed by atoms with Crippen LogP contribution in [0, 0.1) is 0 Å². The van der Waals surface area contributed by atoms with Crippen LogP contribution in [0.1, 0.15) is 27.7 Å². The molecule has 5 heteroatoms. The summed E-state index contributed by atoms with van der Waals surface area (Å²) >= 11 is 0. The molecule has 4 nitrogen and oxygen atoms in total. The molecule has 0 spiro atoms. The van der Waals surface area contributed by atoms with Gasteiger partial charge in [-0.2, -0.15) is 0 Å². The van der Waals surface area contributed by atoms with Gasteiger partial charge in [-0.3, -0.25) is 0 Å². The van der Waals surface area contributed by atoms with Gasteiger partial charge < -0.3 is 18.8 Å². The molecule has 1 heterocycles. The number of rotatable bonds is 3. The summed E-state index contributed by atoms with van der Waals surface area (Å²) in [6.07, 6.45) is 0. The molecule has 122 valence electrons. The zero-order valence-corrected chi connectivity index (χ0v) is 14.6. The zero-order valence-electron chi connectivity index (χ0n) is 14.6. The second kappa shape index (κ2) is 5.43. The average molecular weight is 314 g/mol. The molecule has 0 atom stereocenters. The summed E-state index contributed by atoms with van der Waals surface area (Å²) in [6.45, 7) is 8.21. The van der Waals surface area contributed by atoms with Crippen LogP contribution in [-0.2, 0) is 9.31 Å². The van der Waals surface area contributed by atoms with Gasteiger partial charge in [0.2, 0.25) is 0 Å². The van der Waals surface area contributed by atoms with Crippen LogP contribution in [0.2, 0.25) is 0 Å². The monoisotopic (exact) mass is 314 g/mol. The summed E-state index contributed by atoms with van der Waals surface area (Å²) in [5.41, 5.74) is 0.189. The Morgan fingerprint density at radius 2 is 1.43 bits per heavy atom. The minimum atomic E-state index is -0.440. The topological polar surface area (TPSA) is 36.9 Å². The van der Waals surface area contributed by atoms with E-state index in [1.54, 1.807) is 14.2 Å². The predicted molar refractivity (Wildman–Crippen MR) is 92.8 cm³/mol. The van der Waals surface area contributed by atoms with Crippen molar-refractivity contribution in [2.45, 2.75) is 38.9 Å². The zero-order chi connectivity index (χ0) is 16.8. The van der Waals surface area contributed by atoms with Gasteiger partial charge in [0, 0.05) is 10.8 Å². The van der Waals surface area contributed by atoms with Gasteiger partial charge in [-0.1, -0.05) is 18.2 Å². The second-order valence-corrected chi connectivity index (χ2v) is 6.83. The van der Waals surface area contributed by atoms with Gasteiger partial charge in [0.25, 0.3) is 0 Å². The molecule has 0 radical (unpaired) electrons. The van der Waals surface area contributed by atoms with Gasteiger partial charge in [-0.15, -0.1) is 0 Å². The van der Waals surface area contributed by atoms with E-state index in [9.17, 15) is 0 Å². The summed E-state index contributed by atoms with van der Waals surface area (Å²) in [5.74, 6) is 1.59. The number of ether oxygens (including phenoxy) is 2. The normalized spacial score (nSPS) is 19.1. The van der Waals surface area contributed by atoms with Gasteiger partial charge in [0.1, 0.15) is 11.5 Å². The Bertz CT molecular complexity index is 723. The third kappa shape index (κ3) is 2.48. The van der Waals surface area contributed by atoms with E-state index in [0.717, 1.165) is 27.7 Å². The summed E-state index contributed by atoms with van der Waals surface area (Å²) in [7, 11) is 2.90. The van der Waals surface area contributed by atoms with Crippen LogP contribution in [0.15, 0.2) is 30.3 Å². The van der Waals surface area contributed by atoms with E-state index in [2.05, 4.69) is 27.7 Å². The highest BCUT2D eigenvalue weighted by molar-refractivity contribution is 6.65. The highest BCUT2D eigenvalue weighted by Gasteiger charge is 2.52. The lowest BCUT2D eigenvalue weighted by Crippen LogP contribution is -2.41. The molecule has 0 N–H and O–H groups in total. The Morgan fingerprint density at radius 3 is 2.00 bits per heavy atom. The molecule has 0 amide bonds. The van der Waals surface area contributed by atoms with Crippen LogP contribution in [0.5, 0.6) is 11.5 Å². The summed E-state index contributed by atoms with van der Waals surface area (Å²) in [6, 6.07) is 9.85. The number of hydrogen-bond acceptors (Lipinski definition) is 4. The van der Waals surface area contributed by atoms with Crippen LogP contribution >= 0.6 is 0 Å². The highest BCUT2D eigenvalue weighted by atomic mass is 16.7. The molecule has 23 heavy (non-hydrogen) atoms. The Labute approximate surface area is 137 Å². The first-order valence-corrected chi connectivity index (χ1v) is 7.80. The largest absolute Gasteiger partial charge is 0.496 e. The molecule has 0 saturated carbocycles. The fourth-order valence-corrected chi connectivity index (χ4v) is 2.89. The number of fused-ring (bicyclic) bond motifs is 1. The fourth-order valence-electron chi connectivity index (χ4n) is 2.89. The molecule has 3 rings (SSSR count). The number of methoxy groups -OCH3 is 2. The Kier molecular flexibility index (Phi) is 3.81. The lowest BCUT2D eigenvalue weighted by molar-refractivity contribution is 0.00578. The molecule has 1 aliphatic heterocycles. The molecular formula is C18H23BO4. The van der Waals surface area contributed by atoms with Gasteiger partial charge in [-0.25, -0.2) is 0 Å². The van der Waals surface area contributed by atoms with E-state index < -0.39 is 7.12 Å². The van der Waals surface area contributed by atoms with Gasteiger partial charge in [-0.05, 0) is 45.3 Å². The van der Waals surface area contributed by atoms with Crippen LogP contribution < -0.4 is 14.9 Å². The molecule has 2 aromatic carbocycles. The smallest absolute Gasteiger partial charge is 0.495 e. The van der Waals surface area contributed by atoms with Crippen LogP contribution in [-0.4, -0.2) is 32.5 Å². The molecule has 0 aliphatic carbocycles. The van der Waals surface area contributed by atoms with Gasteiger partial charge >= 0.3 is 7.12 Å². The Balaban J connectivity index is 2.20. The third-order valence-electron chi connectivity index (χ3n) is 4.94. The Hall–Kier alpha value is -1.72. The summed E-state index contributed by atoms with van der Waals surface area (Å²) < 4.78 is 23.5. The van der Waals surface area contributed by atoms with Crippen molar-refractivity contribution in [3.05, 3.63) is 30.3 Å². The third-order valence-corrected chi connectivity index (χ3v) is 4.94. The number of hydrogen-bond donors (Lipinski definition) is 0. The van der Waals surface area contributed by atoms with Crippen molar-refractivity contribution in [2.24, 2.45) is 0 Å². The van der Waals surface area contributed by atoms with Crippen LogP contribution in [0.4, 0.5) is 0 Å². The van der Waals surface area contributed by atoms with Crippen molar-refractivity contribution < 1.29 is 18.8 Å². The SMILES string of the molecule is COc1ccc(B2OC(C)(C)C(C)(C)O2)c2c(OC)cccc12. The summed E-state index contributed by atoms with van der Waals surface area (Å²) in [5, 5.41) is 1.95. The fraction of sp³-hybridized carbons (Fsp3) is 0.444. The standard InChI is InChI=1S/C18H23BO4/c1-17(2)18(3,4)23-19(22-17)13-10-11-14(20-5)12-8-7-9-15(21-6)16(12)13/h7-11H,1-6H3. The van der Waals surface area contributed by atoms with E-state index in [0.29, 0.717) is 0 Å². The molecule has 1 aliphatic rings. The van der Waals surface area contributed by atoms with Crippen molar-refractivity contribution in [2.75, 3.05) is 14.2 Å². The van der Waals surface area contributed by atoms with Crippen molar-refractivity contribution in [3.63, 3.8) is 0 Å². The second-order valence-electron chi connectivity index (χ2n) is 6.83. The average Bonchev–Trinajstić information content (AvgIpc) is 2.73. The minimum absolute atomic E-state index is 0.383. The number of benzene rings is 2.